The Morgan fingerprint density at radius 1 is 1.35 bits per heavy atom. The smallest absolute Gasteiger partial charge is 0.251 e. The number of aliphatic hydroxyl groups excluding tert-OH is 3. The van der Waals surface area contributed by atoms with E-state index in [9.17, 15) is 10.1 Å². The second-order valence-corrected chi connectivity index (χ2v) is 1.60. The molecule has 0 saturated carbocycles. The van der Waals surface area contributed by atoms with Gasteiger partial charge in [-0.2, -0.15) is 6.42 Å². The molecular formula is C7H21N4O5Ti-. The molecule has 0 heterocycles. The zero-order valence-electron chi connectivity index (χ0n) is 10.3. The average molecular weight is 289 g/mol. The van der Waals surface area contributed by atoms with Crippen LogP contribution in [0.5, 0.6) is 0 Å². The summed E-state index contributed by atoms with van der Waals surface area (Å²) in [5.74, 6) is -0.561. The number of guanidine groups is 1. The van der Waals surface area contributed by atoms with Crippen LogP contribution < -0.4 is 5.73 Å². The minimum atomic E-state index is -0.729. The van der Waals surface area contributed by atoms with E-state index in [1.54, 1.807) is 0 Å². The summed E-state index contributed by atoms with van der Waals surface area (Å²) in [5, 5.41) is 37.5. The molecule has 0 unspecified atom stereocenters. The molecule has 0 aliphatic rings. The predicted octanol–water partition coefficient (Wildman–Crippen LogP) is -1.58. The summed E-state index contributed by atoms with van der Waals surface area (Å²) in [6.07, 6.45) is 0.348. The van der Waals surface area contributed by atoms with E-state index in [4.69, 9.17) is 26.5 Å². The average Bonchev–Trinajstić information content (AvgIpc) is 2.33. The summed E-state index contributed by atoms with van der Waals surface area (Å²) in [5.41, 5.74) is 4.86. The Balaban J connectivity index is -0.0000000594. The van der Waals surface area contributed by atoms with Gasteiger partial charge in [0.25, 0.3) is 5.96 Å². The Labute approximate surface area is 116 Å². The minimum Gasteiger partial charge on any atom is -0.400 e. The molecule has 0 spiro atoms. The maximum absolute atomic E-state index is 10.0. The zero-order valence-corrected chi connectivity index (χ0v) is 11.8. The number of nitrogens with zero attached hydrogens (tertiary/aromatic N) is 2. The summed E-state index contributed by atoms with van der Waals surface area (Å²) >= 11 is 0. The summed E-state index contributed by atoms with van der Waals surface area (Å²) in [4.78, 5) is 10.0. The van der Waals surface area contributed by atoms with Gasteiger partial charge in [0.05, 0.1) is 6.54 Å². The van der Waals surface area contributed by atoms with Gasteiger partial charge < -0.3 is 28.0 Å². The largest absolute Gasteiger partial charge is 0.400 e. The maximum atomic E-state index is 10.0. The monoisotopic (exact) mass is 289 g/mol. The molecule has 0 rings (SSSR count). The fraction of sp³-hybridized carbons (Fsp3) is 0.714. The third-order valence-corrected chi connectivity index (χ3v) is 0.845. The van der Waals surface area contributed by atoms with Crippen LogP contribution in [0.25, 0.3) is 0 Å². The van der Waals surface area contributed by atoms with Gasteiger partial charge >= 0.3 is 0 Å². The van der Waals surface area contributed by atoms with Gasteiger partial charge in [0.15, 0.2) is 5.03 Å². The van der Waals surface area contributed by atoms with Gasteiger partial charge in [-0.25, -0.2) is 10.1 Å². The van der Waals surface area contributed by atoms with Crippen LogP contribution in [-0.4, -0.2) is 59.2 Å². The van der Waals surface area contributed by atoms with Gasteiger partial charge in [0, 0.05) is 43.0 Å². The molecule has 0 bridgehead atoms. The number of rotatable bonds is 3. The Bertz CT molecular complexity index is 147. The maximum Gasteiger partial charge on any atom is 0.251 e. The van der Waals surface area contributed by atoms with Crippen LogP contribution in [0.2, 0.25) is 0 Å². The van der Waals surface area contributed by atoms with Crippen LogP contribution >= 0.6 is 0 Å². The molecule has 0 aromatic rings. The number of hydrazine groups is 1. The van der Waals surface area contributed by atoms with Crippen LogP contribution in [0.3, 0.4) is 0 Å². The van der Waals surface area contributed by atoms with Gasteiger partial charge in [-0.15, -0.1) is 0 Å². The predicted molar refractivity (Wildman–Crippen MR) is 60.0 cm³/mol. The molecule has 0 saturated heterocycles. The molecule has 9 nitrogen and oxygen atoms in total. The Morgan fingerprint density at radius 2 is 1.65 bits per heavy atom. The van der Waals surface area contributed by atoms with Gasteiger partial charge in [0.2, 0.25) is 0 Å². The molecule has 0 aromatic carbocycles. The molecular weight excluding hydrogens is 268 g/mol. The molecule has 0 atom stereocenters. The van der Waals surface area contributed by atoms with Gasteiger partial charge in [-0.1, -0.05) is 5.01 Å². The summed E-state index contributed by atoms with van der Waals surface area (Å²) < 4.78 is 0. The van der Waals surface area contributed by atoms with E-state index >= 15 is 0 Å². The van der Waals surface area contributed by atoms with Gasteiger partial charge in [-0.3, -0.25) is 5.41 Å². The Morgan fingerprint density at radius 3 is 1.71 bits per heavy atom. The third-order valence-electron chi connectivity index (χ3n) is 0.845. The van der Waals surface area contributed by atoms with E-state index in [1.807, 2.05) is 0 Å². The minimum absolute atomic E-state index is 0. The van der Waals surface area contributed by atoms with Crippen molar-refractivity contribution in [3.05, 3.63) is 17.0 Å². The number of nitrogens with one attached hydrogen (secondary N) is 1. The van der Waals surface area contributed by atoms with Crippen molar-refractivity contribution in [2.75, 3.05) is 27.9 Å². The normalized spacial score (nSPS) is 6.29. The van der Waals surface area contributed by atoms with E-state index in [-0.39, 0.29) is 28.3 Å². The molecule has 0 radical (unpaired) electrons. The fourth-order valence-corrected chi connectivity index (χ4v) is 0.440. The van der Waals surface area contributed by atoms with Crippen molar-refractivity contribution >= 4 is 5.96 Å². The van der Waals surface area contributed by atoms with Crippen LogP contribution in [-0.2, 0) is 21.7 Å². The first-order valence-corrected chi connectivity index (χ1v) is 3.99. The van der Waals surface area contributed by atoms with E-state index in [2.05, 4.69) is 6.92 Å². The van der Waals surface area contributed by atoms with Gasteiger partial charge in [0.1, 0.15) is 0 Å². The first-order chi connectivity index (χ1) is 7.59. The first kappa shape index (κ1) is 29.9. The van der Waals surface area contributed by atoms with Crippen LogP contribution in [0, 0.1) is 22.4 Å². The third kappa shape index (κ3) is 25.5. The van der Waals surface area contributed by atoms with Crippen molar-refractivity contribution in [1.82, 2.24) is 5.01 Å². The van der Waals surface area contributed by atoms with E-state index in [0.717, 1.165) is 21.3 Å². The SMILES string of the molecule is CO.CO.CO.[CH2-]CCN(C(=N)N)[N+](=O)[O-].[Ti]. The second kappa shape index (κ2) is 29.5. The molecule has 17 heavy (non-hydrogen) atoms. The number of hydrogen-bond donors (Lipinski definition) is 5. The standard InChI is InChI=1S/C4H9N4O2.3CH4O.Ti/c1-2-3-7(4(5)6)8(9)10;3*1-2;/h1-3H2,(H3,5,6);3*2H,1H3;/q-1;;;;. The Hall–Kier alpha value is -0.736. The fourth-order valence-electron chi connectivity index (χ4n) is 0.440. The number of nitro groups is 1. The quantitative estimate of drug-likeness (QED) is 0.105. The first-order valence-electron chi connectivity index (χ1n) is 3.99. The zero-order chi connectivity index (χ0) is 14.1. The van der Waals surface area contributed by atoms with Crippen molar-refractivity contribution in [2.45, 2.75) is 6.42 Å². The van der Waals surface area contributed by atoms with E-state index in [0.29, 0.717) is 11.4 Å². The van der Waals surface area contributed by atoms with Crippen LogP contribution in [0.15, 0.2) is 0 Å². The number of aliphatic hydroxyl groups is 3. The molecule has 0 fully saturated rings. The molecule has 0 aliphatic heterocycles. The van der Waals surface area contributed by atoms with Crippen LogP contribution in [0.4, 0.5) is 0 Å². The molecule has 10 heteroatoms. The number of hydrogen-bond acceptors (Lipinski definition) is 6. The van der Waals surface area contributed by atoms with Crippen LogP contribution in [0.1, 0.15) is 6.42 Å². The Kier molecular flexibility index (Phi) is 51.8. The summed E-state index contributed by atoms with van der Waals surface area (Å²) in [7, 11) is 3.00. The van der Waals surface area contributed by atoms with Gasteiger partial charge in [-0.05, 0) is 0 Å². The van der Waals surface area contributed by atoms with Crippen molar-refractivity contribution in [2.24, 2.45) is 5.73 Å². The van der Waals surface area contributed by atoms with Crippen molar-refractivity contribution in [1.29, 1.82) is 5.41 Å². The van der Waals surface area contributed by atoms with Crippen molar-refractivity contribution < 1.29 is 42.1 Å². The molecule has 0 amide bonds. The summed E-state index contributed by atoms with van der Waals surface area (Å²) in [6.45, 7) is 3.46. The topological polar surface area (TPSA) is 157 Å². The summed E-state index contributed by atoms with van der Waals surface area (Å²) in [6, 6.07) is 0. The molecule has 0 aromatic heterocycles. The van der Waals surface area contributed by atoms with Crippen molar-refractivity contribution in [3.63, 3.8) is 0 Å². The van der Waals surface area contributed by atoms with Crippen molar-refractivity contribution in [3.8, 4) is 0 Å². The molecule has 104 valence electrons. The molecule has 6 N–H and O–H groups in total. The molecule has 0 aliphatic carbocycles. The number of nitrogens with two attached hydrogens (primary N) is 1. The van der Waals surface area contributed by atoms with E-state index < -0.39 is 11.0 Å². The second-order valence-electron chi connectivity index (χ2n) is 1.60. The van der Waals surface area contributed by atoms with E-state index in [1.165, 1.54) is 0 Å².